The lowest BCUT2D eigenvalue weighted by molar-refractivity contribution is -0.142. The third-order valence-electron chi connectivity index (χ3n) is 7.70. The Morgan fingerprint density at radius 1 is 0.558 bits per heavy atom. The summed E-state index contributed by atoms with van der Waals surface area (Å²) in [4.78, 5) is 26.6. The fourth-order valence-corrected chi connectivity index (χ4v) is 5.60. The van der Waals surface area contributed by atoms with E-state index in [9.17, 15) is 9.59 Å². The highest BCUT2D eigenvalue weighted by Crippen LogP contribution is 2.14. The number of amides is 1. The van der Waals surface area contributed by atoms with E-state index in [2.05, 4.69) is 56.1 Å². The lowest BCUT2D eigenvalue weighted by Gasteiger charge is -2.22. The molecule has 0 aromatic heterocycles. The molecule has 0 N–H and O–H groups in total. The molecule has 0 radical (unpaired) electrons. The van der Waals surface area contributed by atoms with Crippen molar-refractivity contribution < 1.29 is 14.3 Å². The van der Waals surface area contributed by atoms with Crippen molar-refractivity contribution in [1.29, 1.82) is 0 Å². The number of hydrogen-bond donors (Lipinski definition) is 0. The minimum absolute atomic E-state index is 0.0864. The Balaban J connectivity index is 3.80. The quantitative estimate of drug-likeness (QED) is 0.0440. The summed E-state index contributed by atoms with van der Waals surface area (Å²) >= 11 is 1.43. The minimum Gasteiger partial charge on any atom is -0.461 e. The summed E-state index contributed by atoms with van der Waals surface area (Å²) in [6.07, 6.45) is 40.2. The molecule has 0 saturated carbocycles. The van der Waals surface area contributed by atoms with Crippen LogP contribution in [0.25, 0.3) is 0 Å². The number of rotatable bonds is 31. The van der Waals surface area contributed by atoms with E-state index in [0.29, 0.717) is 13.0 Å². The van der Waals surface area contributed by atoms with Gasteiger partial charge in [-0.2, -0.15) is 0 Å². The molecular weight excluding hydrogens is 550 g/mol. The Hall–Kier alpha value is -1.49. The van der Waals surface area contributed by atoms with Crippen molar-refractivity contribution in [2.75, 3.05) is 25.4 Å². The summed E-state index contributed by atoms with van der Waals surface area (Å²) in [5.74, 6) is 0.749. The Bertz CT molecular complexity index is 703. The highest BCUT2D eigenvalue weighted by Gasteiger charge is 2.12. The SMILES string of the molecule is CCCCCC/C=C\C/C=C\CCCCCCCN(CCCCCCCC(=O)OC/C=C\CCCCCC)C(=O)SCC. The maximum absolute atomic E-state index is 12.6. The van der Waals surface area contributed by atoms with E-state index in [4.69, 9.17) is 4.74 Å². The maximum Gasteiger partial charge on any atom is 0.306 e. The molecule has 250 valence electrons. The highest BCUT2D eigenvalue weighted by atomic mass is 32.2. The van der Waals surface area contributed by atoms with E-state index in [-0.39, 0.29) is 11.2 Å². The van der Waals surface area contributed by atoms with Crippen molar-refractivity contribution in [3.8, 4) is 0 Å². The average Bonchev–Trinajstić information content (AvgIpc) is 3.00. The van der Waals surface area contributed by atoms with Gasteiger partial charge in [0.15, 0.2) is 0 Å². The van der Waals surface area contributed by atoms with Crippen molar-refractivity contribution in [3.63, 3.8) is 0 Å². The van der Waals surface area contributed by atoms with Gasteiger partial charge in [0.05, 0.1) is 0 Å². The summed E-state index contributed by atoms with van der Waals surface area (Å²) < 4.78 is 5.31. The molecule has 43 heavy (non-hydrogen) atoms. The van der Waals surface area contributed by atoms with Gasteiger partial charge in [-0.05, 0) is 70.0 Å². The molecule has 1 amide bonds. The fourth-order valence-electron chi connectivity index (χ4n) is 4.99. The summed E-state index contributed by atoms with van der Waals surface area (Å²) in [5.41, 5.74) is 0. The van der Waals surface area contributed by atoms with Gasteiger partial charge in [0, 0.05) is 19.5 Å². The van der Waals surface area contributed by atoms with Crippen molar-refractivity contribution in [2.24, 2.45) is 0 Å². The van der Waals surface area contributed by atoms with Crippen LogP contribution < -0.4 is 0 Å². The van der Waals surface area contributed by atoms with Crippen molar-refractivity contribution in [2.45, 2.75) is 168 Å². The summed E-state index contributed by atoms with van der Waals surface area (Å²) in [6, 6.07) is 0. The van der Waals surface area contributed by atoms with Crippen molar-refractivity contribution >= 4 is 23.0 Å². The van der Waals surface area contributed by atoms with E-state index < -0.39 is 0 Å². The van der Waals surface area contributed by atoms with Gasteiger partial charge < -0.3 is 9.64 Å². The Labute approximate surface area is 271 Å². The van der Waals surface area contributed by atoms with E-state index in [1.807, 2.05) is 6.08 Å². The minimum atomic E-state index is -0.0864. The molecule has 0 fully saturated rings. The average molecular weight is 620 g/mol. The Morgan fingerprint density at radius 2 is 1.02 bits per heavy atom. The number of esters is 1. The zero-order valence-corrected chi connectivity index (χ0v) is 29.5. The maximum atomic E-state index is 12.6. The third-order valence-corrected chi connectivity index (χ3v) is 8.49. The smallest absolute Gasteiger partial charge is 0.306 e. The summed E-state index contributed by atoms with van der Waals surface area (Å²) in [5, 5.41) is 0.236. The second-order valence-electron chi connectivity index (χ2n) is 11.8. The first-order valence-corrected chi connectivity index (χ1v) is 19.2. The van der Waals surface area contributed by atoms with Crippen LogP contribution in [0.2, 0.25) is 0 Å². The van der Waals surface area contributed by atoms with Crippen LogP contribution in [-0.4, -0.2) is 41.6 Å². The molecule has 0 saturated heterocycles. The number of carbonyl (C=O) groups excluding carboxylic acids is 2. The van der Waals surface area contributed by atoms with E-state index in [1.54, 1.807) is 0 Å². The lowest BCUT2D eigenvalue weighted by atomic mass is 10.1. The molecule has 0 aliphatic rings. The van der Waals surface area contributed by atoms with Gasteiger partial charge in [-0.1, -0.05) is 146 Å². The van der Waals surface area contributed by atoms with Crippen LogP contribution in [-0.2, 0) is 9.53 Å². The molecule has 0 aromatic carbocycles. The molecule has 0 rings (SSSR count). The van der Waals surface area contributed by atoms with Crippen molar-refractivity contribution in [3.05, 3.63) is 36.5 Å². The normalized spacial score (nSPS) is 11.8. The van der Waals surface area contributed by atoms with Crippen molar-refractivity contribution in [1.82, 2.24) is 4.90 Å². The van der Waals surface area contributed by atoms with Crippen LogP contribution in [0.1, 0.15) is 168 Å². The van der Waals surface area contributed by atoms with Crippen LogP contribution in [0.15, 0.2) is 36.5 Å². The van der Waals surface area contributed by atoms with Crippen LogP contribution in [0.5, 0.6) is 0 Å². The van der Waals surface area contributed by atoms with Gasteiger partial charge in [-0.3, -0.25) is 9.59 Å². The van der Waals surface area contributed by atoms with Gasteiger partial charge >= 0.3 is 5.97 Å². The second-order valence-corrected chi connectivity index (χ2v) is 13.0. The van der Waals surface area contributed by atoms with Gasteiger partial charge in [0.2, 0.25) is 0 Å². The largest absolute Gasteiger partial charge is 0.461 e. The molecule has 0 bridgehead atoms. The molecule has 0 aliphatic carbocycles. The first kappa shape index (κ1) is 41.5. The molecule has 0 unspecified atom stereocenters. The standard InChI is InChI=1S/C38H69NO3S/c1-4-7-9-11-13-14-15-16-17-18-19-20-21-22-26-30-34-39(38(41)43-6-3)35-31-27-24-25-29-33-37(40)42-36-32-28-23-12-10-8-5-2/h14-15,17-18,28,32H,4-13,16,19-27,29-31,33-36H2,1-3H3/b15-14-,18-17-,32-28-. The molecule has 0 spiro atoms. The zero-order valence-electron chi connectivity index (χ0n) is 28.6. The molecule has 0 aliphatic heterocycles. The number of carbonyl (C=O) groups is 2. The highest BCUT2D eigenvalue weighted by molar-refractivity contribution is 8.13. The van der Waals surface area contributed by atoms with Crippen LogP contribution in [0.3, 0.4) is 0 Å². The van der Waals surface area contributed by atoms with E-state index in [1.165, 1.54) is 102 Å². The van der Waals surface area contributed by atoms with Gasteiger partial charge in [0.1, 0.15) is 6.61 Å². The second kappa shape index (κ2) is 35.0. The molecule has 0 heterocycles. The fraction of sp³-hybridized carbons (Fsp3) is 0.789. The first-order valence-electron chi connectivity index (χ1n) is 18.2. The number of thioether (sulfide) groups is 1. The Kier molecular flexibility index (Phi) is 33.8. The molecule has 0 aromatic rings. The van der Waals surface area contributed by atoms with E-state index >= 15 is 0 Å². The third kappa shape index (κ3) is 31.7. The summed E-state index contributed by atoms with van der Waals surface area (Å²) in [7, 11) is 0. The number of allylic oxidation sites excluding steroid dienone is 5. The number of hydrogen-bond acceptors (Lipinski definition) is 4. The number of ether oxygens (including phenoxy) is 1. The predicted molar refractivity (Wildman–Crippen MR) is 191 cm³/mol. The van der Waals surface area contributed by atoms with E-state index in [0.717, 1.165) is 70.2 Å². The molecule has 5 heteroatoms. The number of unbranched alkanes of at least 4 members (excludes halogenated alkanes) is 17. The van der Waals surface area contributed by atoms with Crippen LogP contribution >= 0.6 is 11.8 Å². The van der Waals surface area contributed by atoms with Gasteiger partial charge in [-0.25, -0.2) is 0 Å². The molecule has 4 nitrogen and oxygen atoms in total. The monoisotopic (exact) mass is 619 g/mol. The first-order chi connectivity index (χ1) is 21.2. The topological polar surface area (TPSA) is 46.6 Å². The zero-order chi connectivity index (χ0) is 31.5. The summed E-state index contributed by atoms with van der Waals surface area (Å²) in [6.45, 7) is 8.68. The van der Waals surface area contributed by atoms with Crippen LogP contribution in [0.4, 0.5) is 4.79 Å². The molecule has 0 atom stereocenters. The Morgan fingerprint density at radius 3 is 1.56 bits per heavy atom. The van der Waals surface area contributed by atoms with Crippen LogP contribution in [0, 0.1) is 0 Å². The van der Waals surface area contributed by atoms with Gasteiger partial charge in [0.25, 0.3) is 5.24 Å². The number of nitrogens with zero attached hydrogens (tertiary/aromatic N) is 1. The van der Waals surface area contributed by atoms with Gasteiger partial charge in [-0.15, -0.1) is 0 Å². The predicted octanol–water partition coefficient (Wildman–Crippen LogP) is 12.4. The molecular formula is C38H69NO3S. The lowest BCUT2D eigenvalue weighted by Crippen LogP contribution is -2.30.